The lowest BCUT2D eigenvalue weighted by Gasteiger charge is -2.12. The van der Waals surface area contributed by atoms with E-state index in [9.17, 15) is 0 Å². The van der Waals surface area contributed by atoms with Crippen molar-refractivity contribution in [2.45, 2.75) is 0 Å². The number of nitrogens with zero attached hydrogens (tertiary/aromatic N) is 1. The molecule has 0 aliphatic rings. The fourth-order valence-corrected chi connectivity index (χ4v) is 7.57. The van der Waals surface area contributed by atoms with Gasteiger partial charge in [0, 0.05) is 31.9 Å². The molecule has 0 saturated heterocycles. The summed E-state index contributed by atoms with van der Waals surface area (Å²) in [5.74, 6) is 0. The number of para-hydroxylation sites is 3. The number of thiophene rings is 1. The summed E-state index contributed by atoms with van der Waals surface area (Å²) in [6.07, 6.45) is 0. The molecular weight excluding hydrogens is 518 g/mol. The molecule has 9 aromatic rings. The van der Waals surface area contributed by atoms with E-state index in [2.05, 4.69) is 132 Å². The first-order valence-corrected chi connectivity index (χ1v) is 14.7. The van der Waals surface area contributed by atoms with Crippen LogP contribution in [0.2, 0.25) is 0 Å². The summed E-state index contributed by atoms with van der Waals surface area (Å²) in [7, 11) is 0. The highest BCUT2D eigenvalue weighted by Crippen LogP contribution is 2.44. The van der Waals surface area contributed by atoms with Crippen molar-refractivity contribution in [1.82, 2.24) is 4.57 Å². The van der Waals surface area contributed by atoms with Crippen LogP contribution >= 0.6 is 11.3 Å². The normalized spacial score (nSPS) is 11.9. The minimum absolute atomic E-state index is 0.920. The fraction of sp³-hybridized carbons (Fsp3) is 0. The smallest absolute Gasteiger partial charge is 0.135 e. The number of hydrogen-bond donors (Lipinski definition) is 0. The van der Waals surface area contributed by atoms with Gasteiger partial charge < -0.3 is 8.98 Å². The SMILES string of the molecule is c1ccc(-n2c3ccccc3c3sc4ccc(-c5ccccc5-c5ccc6oc7ccccc7c6c5)cc4c32)cc1. The van der Waals surface area contributed by atoms with Gasteiger partial charge in [-0.25, -0.2) is 0 Å². The van der Waals surface area contributed by atoms with Crippen LogP contribution in [0.3, 0.4) is 0 Å². The van der Waals surface area contributed by atoms with E-state index >= 15 is 0 Å². The van der Waals surface area contributed by atoms with Crippen molar-refractivity contribution in [1.29, 1.82) is 0 Å². The first-order valence-electron chi connectivity index (χ1n) is 13.9. The predicted molar refractivity (Wildman–Crippen MR) is 174 cm³/mol. The van der Waals surface area contributed by atoms with Crippen molar-refractivity contribution in [3.05, 3.63) is 140 Å². The van der Waals surface area contributed by atoms with Crippen molar-refractivity contribution >= 4 is 64.5 Å². The number of benzene rings is 6. The van der Waals surface area contributed by atoms with Crippen LogP contribution in [-0.4, -0.2) is 4.57 Å². The zero-order valence-corrected chi connectivity index (χ0v) is 22.9. The standard InChI is InChI=1S/C38H23NOS/c1-2-10-26(11-3-1)39-33-16-8-6-15-30(33)38-37(39)32-23-25(19-21-36(32)41-38)28-13-5-4-12-27(28)24-18-20-35-31(22-24)29-14-7-9-17-34(29)40-35/h1-23H. The third kappa shape index (κ3) is 3.36. The zero-order chi connectivity index (χ0) is 26.9. The molecule has 9 rings (SSSR count). The maximum Gasteiger partial charge on any atom is 0.135 e. The van der Waals surface area contributed by atoms with Crippen LogP contribution in [0.15, 0.2) is 144 Å². The Morgan fingerprint density at radius 3 is 1.95 bits per heavy atom. The van der Waals surface area contributed by atoms with Gasteiger partial charge in [0.1, 0.15) is 11.2 Å². The van der Waals surface area contributed by atoms with Gasteiger partial charge in [-0.15, -0.1) is 11.3 Å². The van der Waals surface area contributed by atoms with Gasteiger partial charge in [-0.2, -0.15) is 0 Å². The first-order chi connectivity index (χ1) is 20.3. The van der Waals surface area contributed by atoms with Crippen LogP contribution in [0.25, 0.3) is 81.1 Å². The second-order valence-corrected chi connectivity index (χ2v) is 11.6. The highest BCUT2D eigenvalue weighted by Gasteiger charge is 2.19. The molecule has 192 valence electrons. The number of rotatable bonds is 3. The number of hydrogen-bond acceptors (Lipinski definition) is 2. The Balaban J connectivity index is 1.29. The Morgan fingerprint density at radius 2 is 1.12 bits per heavy atom. The fourth-order valence-electron chi connectivity index (χ4n) is 6.36. The van der Waals surface area contributed by atoms with Gasteiger partial charge in [0.25, 0.3) is 0 Å². The second-order valence-electron chi connectivity index (χ2n) is 10.5. The molecule has 3 heteroatoms. The zero-order valence-electron chi connectivity index (χ0n) is 22.0. The van der Waals surface area contributed by atoms with Gasteiger partial charge in [-0.3, -0.25) is 0 Å². The summed E-state index contributed by atoms with van der Waals surface area (Å²) < 4.78 is 11.2. The average Bonchev–Trinajstić information content (AvgIpc) is 3.70. The molecule has 0 unspecified atom stereocenters. The summed E-state index contributed by atoms with van der Waals surface area (Å²) in [5.41, 5.74) is 10.4. The van der Waals surface area contributed by atoms with Gasteiger partial charge in [0.2, 0.25) is 0 Å². The predicted octanol–water partition coefficient (Wildman–Crippen LogP) is 11.2. The maximum absolute atomic E-state index is 6.11. The topological polar surface area (TPSA) is 18.1 Å². The summed E-state index contributed by atoms with van der Waals surface area (Å²) in [6.45, 7) is 0. The molecule has 0 fully saturated rings. The van der Waals surface area contributed by atoms with Crippen LogP contribution in [0.1, 0.15) is 0 Å². The average molecular weight is 542 g/mol. The Bertz CT molecular complexity index is 2420. The largest absolute Gasteiger partial charge is 0.456 e. The minimum Gasteiger partial charge on any atom is -0.456 e. The molecule has 0 amide bonds. The van der Waals surface area contributed by atoms with Crippen molar-refractivity contribution in [2.75, 3.05) is 0 Å². The van der Waals surface area contributed by atoms with E-state index in [1.54, 1.807) is 0 Å². The Hall–Kier alpha value is -5.12. The molecule has 0 N–H and O–H groups in total. The third-order valence-electron chi connectivity index (χ3n) is 8.22. The molecule has 6 aromatic carbocycles. The van der Waals surface area contributed by atoms with Crippen molar-refractivity contribution in [3.8, 4) is 27.9 Å². The molecule has 41 heavy (non-hydrogen) atoms. The van der Waals surface area contributed by atoms with Crippen molar-refractivity contribution < 1.29 is 4.42 Å². The van der Waals surface area contributed by atoms with Crippen LogP contribution < -0.4 is 0 Å². The van der Waals surface area contributed by atoms with E-state index in [-0.39, 0.29) is 0 Å². The van der Waals surface area contributed by atoms with Crippen LogP contribution in [0.5, 0.6) is 0 Å². The highest BCUT2D eigenvalue weighted by molar-refractivity contribution is 7.26. The van der Waals surface area contributed by atoms with E-state index in [1.165, 1.54) is 59.1 Å². The van der Waals surface area contributed by atoms with Crippen LogP contribution in [0, 0.1) is 0 Å². The molecule has 2 nitrogen and oxygen atoms in total. The molecule has 0 radical (unpaired) electrons. The Kier molecular flexibility index (Phi) is 4.80. The van der Waals surface area contributed by atoms with E-state index in [4.69, 9.17) is 4.42 Å². The van der Waals surface area contributed by atoms with E-state index in [1.807, 2.05) is 23.5 Å². The summed E-state index contributed by atoms with van der Waals surface area (Å²) in [6, 6.07) is 50.0. The van der Waals surface area contributed by atoms with Gasteiger partial charge in [-0.05, 0) is 70.8 Å². The van der Waals surface area contributed by atoms with Gasteiger partial charge in [0.05, 0.1) is 15.7 Å². The van der Waals surface area contributed by atoms with Crippen molar-refractivity contribution in [3.63, 3.8) is 0 Å². The van der Waals surface area contributed by atoms with Gasteiger partial charge in [0.15, 0.2) is 0 Å². The molecule has 0 atom stereocenters. The summed E-state index contributed by atoms with van der Waals surface area (Å²) in [5, 5.41) is 4.89. The second kappa shape index (κ2) is 8.69. The lowest BCUT2D eigenvalue weighted by Crippen LogP contribution is -1.93. The van der Waals surface area contributed by atoms with Crippen molar-refractivity contribution in [2.24, 2.45) is 0 Å². The first kappa shape index (κ1) is 22.7. The Morgan fingerprint density at radius 1 is 0.488 bits per heavy atom. The van der Waals surface area contributed by atoms with Gasteiger partial charge in [-0.1, -0.05) is 91.0 Å². The lowest BCUT2D eigenvalue weighted by atomic mass is 9.93. The maximum atomic E-state index is 6.11. The van der Waals surface area contributed by atoms with Crippen LogP contribution in [-0.2, 0) is 0 Å². The molecule has 0 aliphatic carbocycles. The van der Waals surface area contributed by atoms with E-state index in [0.717, 1.165) is 21.9 Å². The molecule has 0 bridgehead atoms. The Labute approximate surface area is 240 Å². The van der Waals surface area contributed by atoms with E-state index in [0.29, 0.717) is 0 Å². The van der Waals surface area contributed by atoms with E-state index < -0.39 is 0 Å². The number of furan rings is 1. The quantitative estimate of drug-likeness (QED) is 0.217. The highest BCUT2D eigenvalue weighted by atomic mass is 32.1. The minimum atomic E-state index is 0.920. The van der Waals surface area contributed by atoms with Gasteiger partial charge >= 0.3 is 0 Å². The lowest BCUT2D eigenvalue weighted by molar-refractivity contribution is 0.669. The molecule has 0 spiro atoms. The number of aromatic nitrogens is 1. The molecule has 0 aliphatic heterocycles. The summed E-state index contributed by atoms with van der Waals surface area (Å²) >= 11 is 1.88. The number of fused-ring (bicyclic) bond motifs is 8. The molecule has 3 heterocycles. The molecule has 0 saturated carbocycles. The summed E-state index contributed by atoms with van der Waals surface area (Å²) in [4.78, 5) is 0. The monoisotopic (exact) mass is 541 g/mol. The van der Waals surface area contributed by atoms with Crippen LogP contribution in [0.4, 0.5) is 0 Å². The molecular formula is C38H23NOS. The third-order valence-corrected chi connectivity index (χ3v) is 9.41. The molecule has 3 aromatic heterocycles.